The van der Waals surface area contributed by atoms with Crippen LogP contribution in [0.1, 0.15) is 33.6 Å². The topological polar surface area (TPSA) is 72.3 Å². The summed E-state index contributed by atoms with van der Waals surface area (Å²) < 4.78 is 0. The number of primary amides is 1. The lowest BCUT2D eigenvalue weighted by Crippen LogP contribution is -2.57. The molecule has 1 saturated carbocycles. The molecule has 1 aliphatic rings. The van der Waals surface area contributed by atoms with E-state index >= 15 is 0 Å². The smallest absolute Gasteiger partial charge is 0.238 e. The van der Waals surface area contributed by atoms with Gasteiger partial charge in [-0.05, 0) is 25.7 Å². The van der Waals surface area contributed by atoms with Crippen molar-refractivity contribution in [1.29, 1.82) is 0 Å². The van der Waals surface area contributed by atoms with Crippen molar-refractivity contribution in [2.75, 3.05) is 13.1 Å². The molecule has 4 N–H and O–H groups in total. The third-order valence-electron chi connectivity index (χ3n) is 2.76. The Bertz CT molecular complexity index is 234. The molecule has 0 aliphatic heterocycles. The average molecular weight is 213 g/mol. The Morgan fingerprint density at radius 2 is 2.07 bits per heavy atom. The van der Waals surface area contributed by atoms with Gasteiger partial charge in [0.15, 0.2) is 0 Å². The van der Waals surface area contributed by atoms with Crippen LogP contribution in [0.15, 0.2) is 0 Å². The molecule has 4 nitrogen and oxygen atoms in total. The van der Waals surface area contributed by atoms with Crippen molar-refractivity contribution in [1.82, 2.24) is 4.90 Å². The first-order valence-electron chi connectivity index (χ1n) is 5.66. The fourth-order valence-corrected chi connectivity index (χ4v) is 1.75. The van der Waals surface area contributed by atoms with Gasteiger partial charge < -0.3 is 11.5 Å². The summed E-state index contributed by atoms with van der Waals surface area (Å²) >= 11 is 0. The van der Waals surface area contributed by atoms with E-state index in [2.05, 4.69) is 18.7 Å². The van der Waals surface area contributed by atoms with Crippen LogP contribution in [0.25, 0.3) is 0 Å². The van der Waals surface area contributed by atoms with E-state index in [9.17, 15) is 4.79 Å². The van der Waals surface area contributed by atoms with Gasteiger partial charge in [-0.3, -0.25) is 9.69 Å². The predicted molar refractivity (Wildman–Crippen MR) is 61.2 cm³/mol. The minimum atomic E-state index is -0.905. The van der Waals surface area contributed by atoms with Crippen molar-refractivity contribution >= 4 is 5.91 Å². The zero-order valence-corrected chi connectivity index (χ0v) is 9.99. The van der Waals surface area contributed by atoms with Crippen LogP contribution in [-0.2, 0) is 4.79 Å². The Labute approximate surface area is 92.0 Å². The van der Waals surface area contributed by atoms with E-state index in [1.165, 1.54) is 12.8 Å². The number of carbonyl (C=O) groups is 1. The third-order valence-corrected chi connectivity index (χ3v) is 2.76. The van der Waals surface area contributed by atoms with E-state index in [0.29, 0.717) is 18.5 Å². The predicted octanol–water partition coefficient (Wildman–Crippen LogP) is 0.310. The summed E-state index contributed by atoms with van der Waals surface area (Å²) in [7, 11) is 0. The van der Waals surface area contributed by atoms with Crippen LogP contribution in [0, 0.1) is 5.92 Å². The molecule has 0 aromatic heterocycles. The molecule has 0 aromatic rings. The maximum absolute atomic E-state index is 11.2. The highest BCUT2D eigenvalue weighted by Crippen LogP contribution is 2.28. The fourth-order valence-electron chi connectivity index (χ4n) is 1.75. The lowest BCUT2D eigenvalue weighted by molar-refractivity contribution is -0.123. The molecule has 15 heavy (non-hydrogen) atoms. The normalized spacial score (nSPS) is 20.7. The van der Waals surface area contributed by atoms with Gasteiger partial charge >= 0.3 is 0 Å². The number of carbonyl (C=O) groups excluding carboxylic acids is 1. The van der Waals surface area contributed by atoms with E-state index in [1.807, 2.05) is 0 Å². The maximum Gasteiger partial charge on any atom is 0.238 e. The van der Waals surface area contributed by atoms with Gasteiger partial charge in [-0.1, -0.05) is 13.8 Å². The molecule has 0 aromatic carbocycles. The highest BCUT2D eigenvalue weighted by molar-refractivity contribution is 5.84. The average Bonchev–Trinajstić information content (AvgIpc) is 2.82. The van der Waals surface area contributed by atoms with Gasteiger partial charge in [-0.15, -0.1) is 0 Å². The minimum Gasteiger partial charge on any atom is -0.368 e. The summed E-state index contributed by atoms with van der Waals surface area (Å²) in [5.41, 5.74) is 10.3. The number of hydrogen-bond acceptors (Lipinski definition) is 3. The van der Waals surface area contributed by atoms with Gasteiger partial charge in [-0.25, -0.2) is 0 Å². The zero-order valence-electron chi connectivity index (χ0n) is 9.99. The highest BCUT2D eigenvalue weighted by Gasteiger charge is 2.35. The van der Waals surface area contributed by atoms with E-state index < -0.39 is 11.4 Å². The second-order valence-electron chi connectivity index (χ2n) is 5.34. The monoisotopic (exact) mass is 213 g/mol. The largest absolute Gasteiger partial charge is 0.368 e. The Hall–Kier alpha value is -0.610. The Kier molecular flexibility index (Phi) is 3.73. The molecule has 4 heteroatoms. The standard InChI is InChI=1S/C11H23N3O/c1-8(2)6-14(9-4-5-9)7-11(3,13)10(12)15/h8-9H,4-7,13H2,1-3H3,(H2,12,15). The summed E-state index contributed by atoms with van der Waals surface area (Å²) in [5, 5.41) is 0. The summed E-state index contributed by atoms with van der Waals surface area (Å²) in [6.07, 6.45) is 2.45. The first kappa shape index (κ1) is 12.5. The van der Waals surface area contributed by atoms with Gasteiger partial charge in [-0.2, -0.15) is 0 Å². The first-order chi connectivity index (χ1) is 6.83. The van der Waals surface area contributed by atoms with Crippen molar-refractivity contribution in [2.24, 2.45) is 17.4 Å². The van der Waals surface area contributed by atoms with Gasteiger partial charge in [0.25, 0.3) is 0 Å². The molecule has 0 bridgehead atoms. The first-order valence-corrected chi connectivity index (χ1v) is 5.66. The van der Waals surface area contributed by atoms with Crippen molar-refractivity contribution in [3.8, 4) is 0 Å². The van der Waals surface area contributed by atoms with Crippen LogP contribution >= 0.6 is 0 Å². The number of amides is 1. The second kappa shape index (κ2) is 4.49. The van der Waals surface area contributed by atoms with Crippen LogP contribution in [0.4, 0.5) is 0 Å². The molecule has 1 unspecified atom stereocenters. The summed E-state index contributed by atoms with van der Waals surface area (Å²) in [5.74, 6) is 0.172. The molecule has 1 amide bonds. The minimum absolute atomic E-state index is 0.420. The maximum atomic E-state index is 11.2. The molecule has 88 valence electrons. The molecule has 0 saturated heterocycles. The fraction of sp³-hybridized carbons (Fsp3) is 0.909. The number of nitrogens with two attached hydrogens (primary N) is 2. The quantitative estimate of drug-likeness (QED) is 0.667. The molecule has 1 atom stereocenters. The van der Waals surface area contributed by atoms with Crippen molar-refractivity contribution in [2.45, 2.75) is 45.2 Å². The number of rotatable bonds is 6. The molecular formula is C11H23N3O. The second-order valence-corrected chi connectivity index (χ2v) is 5.34. The molecule has 1 aliphatic carbocycles. The Morgan fingerprint density at radius 1 is 1.53 bits per heavy atom. The summed E-state index contributed by atoms with van der Waals surface area (Å²) in [6, 6.07) is 0.620. The van der Waals surface area contributed by atoms with E-state index in [1.54, 1.807) is 6.92 Å². The van der Waals surface area contributed by atoms with Gasteiger partial charge in [0.1, 0.15) is 5.54 Å². The van der Waals surface area contributed by atoms with E-state index in [-0.39, 0.29) is 0 Å². The van der Waals surface area contributed by atoms with E-state index in [4.69, 9.17) is 11.5 Å². The van der Waals surface area contributed by atoms with Crippen LogP contribution < -0.4 is 11.5 Å². The zero-order chi connectivity index (χ0) is 11.6. The van der Waals surface area contributed by atoms with Crippen molar-refractivity contribution in [3.63, 3.8) is 0 Å². The highest BCUT2D eigenvalue weighted by atomic mass is 16.1. The van der Waals surface area contributed by atoms with E-state index in [0.717, 1.165) is 6.54 Å². The Balaban J connectivity index is 2.54. The van der Waals surface area contributed by atoms with Crippen LogP contribution in [-0.4, -0.2) is 35.5 Å². The molecule has 1 fully saturated rings. The summed E-state index contributed by atoms with van der Waals surface area (Å²) in [6.45, 7) is 7.63. The van der Waals surface area contributed by atoms with Gasteiger partial charge in [0.2, 0.25) is 5.91 Å². The van der Waals surface area contributed by atoms with Gasteiger partial charge in [0.05, 0.1) is 0 Å². The molecule has 0 spiro atoms. The summed E-state index contributed by atoms with van der Waals surface area (Å²) in [4.78, 5) is 13.5. The van der Waals surface area contributed by atoms with Crippen LogP contribution in [0.2, 0.25) is 0 Å². The molecular weight excluding hydrogens is 190 g/mol. The lowest BCUT2D eigenvalue weighted by atomic mass is 10.0. The van der Waals surface area contributed by atoms with Gasteiger partial charge in [0, 0.05) is 19.1 Å². The third kappa shape index (κ3) is 3.80. The lowest BCUT2D eigenvalue weighted by Gasteiger charge is -2.31. The molecule has 0 heterocycles. The SMILES string of the molecule is CC(C)CN(CC(C)(N)C(N)=O)C1CC1. The molecule has 0 radical (unpaired) electrons. The van der Waals surface area contributed by atoms with Crippen molar-refractivity contribution in [3.05, 3.63) is 0 Å². The van der Waals surface area contributed by atoms with Crippen molar-refractivity contribution < 1.29 is 4.79 Å². The van der Waals surface area contributed by atoms with Crippen LogP contribution in [0.5, 0.6) is 0 Å². The number of nitrogens with zero attached hydrogens (tertiary/aromatic N) is 1. The molecule has 1 rings (SSSR count). The van der Waals surface area contributed by atoms with Crippen LogP contribution in [0.3, 0.4) is 0 Å². The Morgan fingerprint density at radius 3 is 2.40 bits per heavy atom. The number of hydrogen-bond donors (Lipinski definition) is 2.